The highest BCUT2D eigenvalue weighted by molar-refractivity contribution is 5.48. The molecule has 0 saturated carbocycles. The molecule has 0 unspecified atom stereocenters. The lowest BCUT2D eigenvalue weighted by Gasteiger charge is -2.35. The number of piperidine rings is 1. The van der Waals surface area contributed by atoms with E-state index < -0.39 is 0 Å². The van der Waals surface area contributed by atoms with E-state index in [2.05, 4.69) is 30.1 Å². The van der Waals surface area contributed by atoms with Gasteiger partial charge in [0.05, 0.1) is 0 Å². The van der Waals surface area contributed by atoms with E-state index in [1.165, 1.54) is 31.5 Å². The van der Waals surface area contributed by atoms with Crippen LogP contribution < -0.4 is 14.8 Å². The van der Waals surface area contributed by atoms with Crippen LogP contribution in [0.1, 0.15) is 32.3 Å². The Morgan fingerprint density at radius 1 is 1.25 bits per heavy atom. The average molecular weight is 276 g/mol. The smallest absolute Gasteiger partial charge is 0.231 e. The largest absolute Gasteiger partial charge is 0.454 e. The lowest BCUT2D eigenvalue weighted by Crippen LogP contribution is -2.44. The summed E-state index contributed by atoms with van der Waals surface area (Å²) in [4.78, 5) is 2.55. The molecule has 0 spiro atoms. The third kappa shape index (κ3) is 2.91. The number of rotatable bonds is 4. The summed E-state index contributed by atoms with van der Waals surface area (Å²) in [6, 6.07) is 7.39. The number of nitrogens with zero attached hydrogens (tertiary/aromatic N) is 1. The number of para-hydroxylation sites is 1. The van der Waals surface area contributed by atoms with E-state index in [1.807, 2.05) is 12.1 Å². The number of hydrogen-bond acceptors (Lipinski definition) is 4. The molecule has 4 nitrogen and oxygen atoms in total. The van der Waals surface area contributed by atoms with Gasteiger partial charge in [0.2, 0.25) is 6.79 Å². The van der Waals surface area contributed by atoms with E-state index in [-0.39, 0.29) is 0 Å². The third-order valence-electron chi connectivity index (χ3n) is 4.32. The average Bonchev–Trinajstić information content (AvgIpc) is 2.94. The molecule has 110 valence electrons. The molecule has 1 aromatic carbocycles. The van der Waals surface area contributed by atoms with Gasteiger partial charge in [-0.15, -0.1) is 0 Å². The Kier molecular flexibility index (Phi) is 4.13. The van der Waals surface area contributed by atoms with Crippen LogP contribution in [-0.2, 0) is 6.54 Å². The number of likely N-dealkylation sites (tertiary alicyclic amines) is 1. The van der Waals surface area contributed by atoms with Crippen molar-refractivity contribution in [2.75, 3.05) is 19.9 Å². The molecule has 0 amide bonds. The summed E-state index contributed by atoms with van der Waals surface area (Å²) in [5.74, 6) is 1.79. The second-order valence-corrected chi connectivity index (χ2v) is 5.94. The van der Waals surface area contributed by atoms with Crippen LogP contribution in [0.5, 0.6) is 11.5 Å². The van der Waals surface area contributed by atoms with Gasteiger partial charge in [0.15, 0.2) is 11.5 Å². The standard InChI is InChI=1S/C16H24N2O2/c1-12(2)18-8-6-14(7-9-18)17-10-13-4-3-5-15-16(13)20-11-19-15/h3-5,12,14,17H,6-11H2,1-2H3. The number of hydrogen-bond donors (Lipinski definition) is 1. The van der Waals surface area contributed by atoms with Crippen molar-refractivity contribution in [3.63, 3.8) is 0 Å². The minimum atomic E-state index is 0.346. The Bertz CT molecular complexity index is 454. The van der Waals surface area contributed by atoms with Crippen molar-refractivity contribution in [2.24, 2.45) is 0 Å². The van der Waals surface area contributed by atoms with Crippen LogP contribution in [0.3, 0.4) is 0 Å². The fourth-order valence-electron chi connectivity index (χ4n) is 3.00. The summed E-state index contributed by atoms with van der Waals surface area (Å²) in [5, 5.41) is 3.66. The monoisotopic (exact) mass is 276 g/mol. The predicted octanol–water partition coefficient (Wildman–Crippen LogP) is 2.38. The highest BCUT2D eigenvalue weighted by Crippen LogP contribution is 2.35. The van der Waals surface area contributed by atoms with Gasteiger partial charge in [0, 0.05) is 24.2 Å². The van der Waals surface area contributed by atoms with Crippen molar-refractivity contribution in [1.29, 1.82) is 0 Å². The minimum Gasteiger partial charge on any atom is -0.454 e. The molecule has 2 aliphatic heterocycles. The third-order valence-corrected chi connectivity index (χ3v) is 4.32. The Morgan fingerprint density at radius 2 is 2.05 bits per heavy atom. The van der Waals surface area contributed by atoms with Crippen molar-refractivity contribution in [2.45, 2.75) is 45.3 Å². The zero-order chi connectivity index (χ0) is 13.9. The lowest BCUT2D eigenvalue weighted by molar-refractivity contribution is 0.160. The molecule has 20 heavy (non-hydrogen) atoms. The van der Waals surface area contributed by atoms with Gasteiger partial charge in [-0.05, 0) is 45.8 Å². The maximum absolute atomic E-state index is 5.55. The maximum Gasteiger partial charge on any atom is 0.231 e. The van der Waals surface area contributed by atoms with Crippen LogP contribution in [0.25, 0.3) is 0 Å². The molecule has 1 fully saturated rings. The summed E-state index contributed by atoms with van der Waals surface area (Å²) >= 11 is 0. The molecule has 1 N–H and O–H groups in total. The summed E-state index contributed by atoms with van der Waals surface area (Å²) in [5.41, 5.74) is 1.20. The molecule has 1 saturated heterocycles. The molecule has 2 aliphatic rings. The lowest BCUT2D eigenvalue weighted by atomic mass is 10.0. The molecule has 4 heteroatoms. The highest BCUT2D eigenvalue weighted by atomic mass is 16.7. The van der Waals surface area contributed by atoms with Gasteiger partial charge in [-0.25, -0.2) is 0 Å². The summed E-state index contributed by atoms with van der Waals surface area (Å²) in [6.07, 6.45) is 2.45. The first-order valence-corrected chi connectivity index (χ1v) is 7.59. The van der Waals surface area contributed by atoms with Gasteiger partial charge in [0.1, 0.15) is 0 Å². The van der Waals surface area contributed by atoms with Crippen molar-refractivity contribution in [1.82, 2.24) is 10.2 Å². The number of ether oxygens (including phenoxy) is 2. The van der Waals surface area contributed by atoms with Gasteiger partial charge < -0.3 is 19.7 Å². The fraction of sp³-hybridized carbons (Fsp3) is 0.625. The van der Waals surface area contributed by atoms with Gasteiger partial charge in [-0.3, -0.25) is 0 Å². The topological polar surface area (TPSA) is 33.7 Å². The van der Waals surface area contributed by atoms with Gasteiger partial charge >= 0.3 is 0 Å². The molecule has 1 aromatic rings. The minimum absolute atomic E-state index is 0.346. The number of benzene rings is 1. The Morgan fingerprint density at radius 3 is 2.80 bits per heavy atom. The van der Waals surface area contributed by atoms with Crippen LogP contribution in [0.2, 0.25) is 0 Å². The van der Waals surface area contributed by atoms with Crippen molar-refractivity contribution in [3.8, 4) is 11.5 Å². The normalized spacial score (nSPS) is 19.8. The molecular formula is C16H24N2O2. The summed E-state index contributed by atoms with van der Waals surface area (Å²) < 4.78 is 11.0. The maximum atomic E-state index is 5.55. The summed E-state index contributed by atoms with van der Waals surface area (Å²) in [6.45, 7) is 8.15. The van der Waals surface area contributed by atoms with E-state index in [0.717, 1.165) is 18.0 Å². The van der Waals surface area contributed by atoms with Gasteiger partial charge in [0.25, 0.3) is 0 Å². The van der Waals surface area contributed by atoms with Crippen molar-refractivity contribution < 1.29 is 9.47 Å². The first-order valence-electron chi connectivity index (χ1n) is 7.59. The Hall–Kier alpha value is -1.26. The second-order valence-electron chi connectivity index (χ2n) is 5.94. The number of fused-ring (bicyclic) bond motifs is 1. The molecule has 2 heterocycles. The second kappa shape index (κ2) is 6.02. The summed E-state index contributed by atoms with van der Waals surface area (Å²) in [7, 11) is 0. The van der Waals surface area contributed by atoms with Gasteiger partial charge in [-0.2, -0.15) is 0 Å². The van der Waals surface area contributed by atoms with Crippen LogP contribution in [0, 0.1) is 0 Å². The van der Waals surface area contributed by atoms with E-state index >= 15 is 0 Å². The number of nitrogens with one attached hydrogen (secondary N) is 1. The fourth-order valence-corrected chi connectivity index (χ4v) is 3.00. The molecule has 0 atom stereocenters. The van der Waals surface area contributed by atoms with Crippen LogP contribution in [0.4, 0.5) is 0 Å². The van der Waals surface area contributed by atoms with Crippen molar-refractivity contribution in [3.05, 3.63) is 23.8 Å². The zero-order valence-electron chi connectivity index (χ0n) is 12.4. The SMILES string of the molecule is CC(C)N1CCC(NCc2cccc3c2OCO3)CC1. The highest BCUT2D eigenvalue weighted by Gasteiger charge is 2.22. The zero-order valence-corrected chi connectivity index (χ0v) is 12.4. The van der Waals surface area contributed by atoms with E-state index in [0.29, 0.717) is 18.9 Å². The van der Waals surface area contributed by atoms with E-state index in [9.17, 15) is 0 Å². The molecular weight excluding hydrogens is 252 g/mol. The first kappa shape index (κ1) is 13.7. The van der Waals surface area contributed by atoms with E-state index in [1.54, 1.807) is 0 Å². The van der Waals surface area contributed by atoms with E-state index in [4.69, 9.17) is 9.47 Å². The van der Waals surface area contributed by atoms with Crippen LogP contribution >= 0.6 is 0 Å². The molecule has 0 bridgehead atoms. The molecule has 0 aromatic heterocycles. The first-order chi connectivity index (χ1) is 9.74. The molecule has 0 aliphatic carbocycles. The van der Waals surface area contributed by atoms with Crippen molar-refractivity contribution >= 4 is 0 Å². The quantitative estimate of drug-likeness (QED) is 0.915. The Balaban J connectivity index is 1.52. The Labute approximate surface area is 121 Å². The van der Waals surface area contributed by atoms with Gasteiger partial charge in [-0.1, -0.05) is 12.1 Å². The molecule has 3 rings (SSSR count). The van der Waals surface area contributed by atoms with Crippen LogP contribution in [-0.4, -0.2) is 36.9 Å². The predicted molar refractivity (Wildman–Crippen MR) is 79.1 cm³/mol. The molecule has 0 radical (unpaired) electrons. The van der Waals surface area contributed by atoms with Crippen LogP contribution in [0.15, 0.2) is 18.2 Å².